The molecule has 2 aromatic heterocycles. The topological polar surface area (TPSA) is 74.1 Å². The minimum atomic E-state index is 0.447. The third kappa shape index (κ3) is 2.26. The van der Waals surface area contributed by atoms with Crippen molar-refractivity contribution < 1.29 is 4.52 Å². The van der Waals surface area contributed by atoms with Crippen molar-refractivity contribution in [2.24, 2.45) is 7.05 Å². The molecule has 3 heterocycles. The molecule has 104 valence electrons. The summed E-state index contributed by atoms with van der Waals surface area (Å²) in [5.74, 6) is 1.07. The number of aryl methyl sites for hydroxylation is 1. The van der Waals surface area contributed by atoms with Crippen molar-refractivity contribution in [2.45, 2.75) is 0 Å². The zero-order valence-electron chi connectivity index (χ0n) is 11.6. The van der Waals surface area contributed by atoms with Crippen LogP contribution in [0.2, 0.25) is 0 Å². The van der Waals surface area contributed by atoms with Gasteiger partial charge in [0, 0.05) is 39.4 Å². The number of rotatable bonds is 2. The maximum absolute atomic E-state index is 8.91. The summed E-state index contributed by atoms with van der Waals surface area (Å²) in [6.07, 6.45) is 1.75. The first kappa shape index (κ1) is 12.7. The summed E-state index contributed by atoms with van der Waals surface area (Å²) in [5, 5.41) is 13.0. The molecule has 3 rings (SSSR count). The summed E-state index contributed by atoms with van der Waals surface area (Å²) in [5.41, 5.74) is 1.34. The van der Waals surface area contributed by atoms with Gasteiger partial charge in [-0.3, -0.25) is 0 Å². The number of hydrogen-bond donors (Lipinski definition) is 0. The number of nitrogens with zero attached hydrogens (tertiary/aromatic N) is 6. The molecule has 1 aliphatic heterocycles. The molecular weight excluding hydrogens is 256 g/mol. The van der Waals surface area contributed by atoms with E-state index in [9.17, 15) is 0 Å². The average molecular weight is 272 g/mol. The van der Waals surface area contributed by atoms with Crippen molar-refractivity contribution in [3.8, 4) is 17.7 Å². The maximum atomic E-state index is 8.91. The monoisotopic (exact) mass is 272 g/mol. The summed E-state index contributed by atoms with van der Waals surface area (Å²) in [6.45, 7) is 3.78. The molecule has 7 nitrogen and oxygen atoms in total. The van der Waals surface area contributed by atoms with E-state index in [1.165, 1.54) is 0 Å². The van der Waals surface area contributed by atoms with Gasteiger partial charge in [-0.15, -0.1) is 0 Å². The number of aromatic nitrogens is 3. The highest BCUT2D eigenvalue weighted by molar-refractivity contribution is 5.54. The van der Waals surface area contributed by atoms with Gasteiger partial charge in [-0.2, -0.15) is 10.2 Å². The Labute approximate surface area is 117 Å². The normalized spacial score (nSPS) is 16.4. The highest BCUT2D eigenvalue weighted by atomic mass is 16.5. The largest absolute Gasteiger partial charge is 0.345 e. The van der Waals surface area contributed by atoms with E-state index in [4.69, 9.17) is 9.78 Å². The first-order chi connectivity index (χ1) is 9.67. The van der Waals surface area contributed by atoms with E-state index in [0.717, 1.165) is 31.9 Å². The standard InChI is InChI=1S/C13H16N6O/c1-17-3-5-19(6-4-17)13-15-12(20-16-13)11-7-10(8-14)9-18(11)2/h7,9H,3-6H2,1-2H3. The predicted molar refractivity (Wildman–Crippen MR) is 73.1 cm³/mol. The molecule has 7 heteroatoms. The van der Waals surface area contributed by atoms with Crippen LogP contribution in [0.3, 0.4) is 0 Å². The van der Waals surface area contributed by atoms with Gasteiger partial charge >= 0.3 is 0 Å². The van der Waals surface area contributed by atoms with Crippen LogP contribution in [-0.4, -0.2) is 52.8 Å². The number of nitriles is 1. The second-order valence-corrected chi connectivity index (χ2v) is 5.03. The van der Waals surface area contributed by atoms with Crippen molar-refractivity contribution in [1.82, 2.24) is 19.6 Å². The lowest BCUT2D eigenvalue weighted by Crippen LogP contribution is -2.44. The molecule has 0 radical (unpaired) electrons. The van der Waals surface area contributed by atoms with Gasteiger partial charge in [-0.25, -0.2) is 0 Å². The van der Waals surface area contributed by atoms with Crippen LogP contribution in [0.25, 0.3) is 11.6 Å². The molecule has 0 amide bonds. The summed E-state index contributed by atoms with van der Waals surface area (Å²) < 4.78 is 7.14. The van der Waals surface area contributed by atoms with Crippen LogP contribution in [0.1, 0.15) is 5.56 Å². The summed E-state index contributed by atoms with van der Waals surface area (Å²) in [6, 6.07) is 3.86. The fourth-order valence-corrected chi connectivity index (χ4v) is 2.29. The molecule has 2 aromatic rings. The minimum absolute atomic E-state index is 0.447. The fraction of sp³-hybridized carbons (Fsp3) is 0.462. The number of likely N-dealkylation sites (N-methyl/N-ethyl adjacent to an activating group) is 1. The third-order valence-corrected chi connectivity index (χ3v) is 3.55. The zero-order chi connectivity index (χ0) is 14.1. The van der Waals surface area contributed by atoms with Gasteiger partial charge in [0.1, 0.15) is 11.8 Å². The average Bonchev–Trinajstić information content (AvgIpc) is 3.06. The van der Waals surface area contributed by atoms with Gasteiger partial charge in [0.05, 0.1) is 5.56 Å². The first-order valence-corrected chi connectivity index (χ1v) is 6.51. The molecule has 0 saturated carbocycles. The summed E-state index contributed by atoms with van der Waals surface area (Å²) in [4.78, 5) is 8.82. The van der Waals surface area contributed by atoms with Crippen LogP contribution in [0, 0.1) is 11.3 Å². The summed E-state index contributed by atoms with van der Waals surface area (Å²) in [7, 11) is 3.96. The Morgan fingerprint density at radius 1 is 1.25 bits per heavy atom. The maximum Gasteiger partial charge on any atom is 0.276 e. The minimum Gasteiger partial charge on any atom is -0.345 e. The Hall–Kier alpha value is -2.33. The SMILES string of the molecule is CN1CCN(c2noc(-c3cc(C#N)cn3C)n2)CC1. The van der Waals surface area contributed by atoms with E-state index < -0.39 is 0 Å². The third-order valence-electron chi connectivity index (χ3n) is 3.55. The van der Waals surface area contributed by atoms with Crippen LogP contribution in [-0.2, 0) is 7.05 Å². The van der Waals surface area contributed by atoms with E-state index in [1.807, 2.05) is 11.6 Å². The van der Waals surface area contributed by atoms with Crippen molar-refractivity contribution in [3.05, 3.63) is 17.8 Å². The molecule has 1 saturated heterocycles. The molecular formula is C13H16N6O. The lowest BCUT2D eigenvalue weighted by atomic mass is 10.3. The van der Waals surface area contributed by atoms with Crippen molar-refractivity contribution >= 4 is 5.95 Å². The Kier molecular flexibility index (Phi) is 3.16. The lowest BCUT2D eigenvalue weighted by Gasteiger charge is -2.31. The zero-order valence-corrected chi connectivity index (χ0v) is 11.6. The van der Waals surface area contributed by atoms with Gasteiger partial charge in [-0.05, 0) is 18.3 Å². The molecule has 1 fully saturated rings. The van der Waals surface area contributed by atoms with Crippen LogP contribution < -0.4 is 4.90 Å². The predicted octanol–water partition coefficient (Wildman–Crippen LogP) is 0.699. The quantitative estimate of drug-likeness (QED) is 0.801. The van der Waals surface area contributed by atoms with Crippen LogP contribution in [0.4, 0.5) is 5.95 Å². The fourth-order valence-electron chi connectivity index (χ4n) is 2.29. The van der Waals surface area contributed by atoms with Gasteiger partial charge in [0.15, 0.2) is 0 Å². The van der Waals surface area contributed by atoms with Crippen molar-refractivity contribution in [2.75, 3.05) is 38.1 Å². The molecule has 0 unspecified atom stereocenters. The molecule has 0 aromatic carbocycles. The van der Waals surface area contributed by atoms with Crippen molar-refractivity contribution in [1.29, 1.82) is 5.26 Å². The molecule has 0 bridgehead atoms. The first-order valence-electron chi connectivity index (χ1n) is 6.51. The Morgan fingerprint density at radius 2 is 2.00 bits per heavy atom. The van der Waals surface area contributed by atoms with Gasteiger partial charge in [0.25, 0.3) is 11.8 Å². The Balaban J connectivity index is 1.83. The van der Waals surface area contributed by atoms with E-state index in [2.05, 4.69) is 33.1 Å². The number of anilines is 1. The van der Waals surface area contributed by atoms with Gasteiger partial charge in [-0.1, -0.05) is 0 Å². The molecule has 0 N–H and O–H groups in total. The highest BCUT2D eigenvalue weighted by Gasteiger charge is 2.20. The molecule has 0 atom stereocenters. The van der Waals surface area contributed by atoms with Crippen LogP contribution >= 0.6 is 0 Å². The molecule has 0 spiro atoms. The lowest BCUT2D eigenvalue weighted by molar-refractivity contribution is 0.309. The number of piperazine rings is 1. The van der Waals surface area contributed by atoms with E-state index >= 15 is 0 Å². The highest BCUT2D eigenvalue weighted by Crippen LogP contribution is 2.22. The Morgan fingerprint density at radius 3 is 2.65 bits per heavy atom. The van der Waals surface area contributed by atoms with Crippen LogP contribution in [0.15, 0.2) is 16.8 Å². The van der Waals surface area contributed by atoms with Gasteiger partial charge in [0.2, 0.25) is 0 Å². The Bertz CT molecular complexity index is 644. The second-order valence-electron chi connectivity index (χ2n) is 5.03. The molecule has 1 aliphatic rings. The molecule has 20 heavy (non-hydrogen) atoms. The summed E-state index contributed by atoms with van der Waals surface area (Å²) >= 11 is 0. The number of hydrogen-bond acceptors (Lipinski definition) is 6. The van der Waals surface area contributed by atoms with E-state index in [-0.39, 0.29) is 0 Å². The van der Waals surface area contributed by atoms with Gasteiger partial charge < -0.3 is 18.9 Å². The second kappa shape index (κ2) is 4.98. The molecule has 0 aliphatic carbocycles. The van der Waals surface area contributed by atoms with Crippen molar-refractivity contribution in [3.63, 3.8) is 0 Å². The van der Waals surface area contributed by atoms with Crippen LogP contribution in [0.5, 0.6) is 0 Å². The van der Waals surface area contributed by atoms with E-state index in [1.54, 1.807) is 12.3 Å². The smallest absolute Gasteiger partial charge is 0.276 e. The van der Waals surface area contributed by atoms with E-state index in [0.29, 0.717) is 17.4 Å².